The highest BCUT2D eigenvalue weighted by molar-refractivity contribution is 8.16. The smallest absolute Gasteiger partial charge is 0.118 e. The van der Waals surface area contributed by atoms with E-state index in [0.29, 0.717) is 0 Å². The van der Waals surface area contributed by atoms with Crippen molar-refractivity contribution in [1.29, 1.82) is 0 Å². The lowest BCUT2D eigenvalue weighted by Gasteiger charge is -2.01. The predicted octanol–water partition coefficient (Wildman–Crippen LogP) is 2.74. The SMILES string of the molecule is COc1ccc(C=C(SC)S(C)=O)cc1. The summed E-state index contributed by atoms with van der Waals surface area (Å²) in [6, 6.07) is 7.68. The first-order valence-electron chi connectivity index (χ1n) is 4.40. The molecule has 1 unspecified atom stereocenters. The lowest BCUT2D eigenvalue weighted by molar-refractivity contribution is 0.415. The Hall–Kier alpha value is -0.740. The van der Waals surface area contributed by atoms with Gasteiger partial charge in [-0.25, -0.2) is 0 Å². The average molecular weight is 242 g/mol. The van der Waals surface area contributed by atoms with E-state index >= 15 is 0 Å². The van der Waals surface area contributed by atoms with E-state index in [1.807, 2.05) is 36.6 Å². The molecule has 2 nitrogen and oxygen atoms in total. The fourth-order valence-corrected chi connectivity index (χ4v) is 2.59. The van der Waals surface area contributed by atoms with Crippen LogP contribution >= 0.6 is 11.8 Å². The molecular formula is C11H14O2S2. The summed E-state index contributed by atoms with van der Waals surface area (Å²) in [6.07, 6.45) is 5.54. The first-order chi connectivity index (χ1) is 7.17. The molecule has 0 aliphatic carbocycles. The third-order valence-electron chi connectivity index (χ3n) is 1.88. The molecule has 0 spiro atoms. The summed E-state index contributed by atoms with van der Waals surface area (Å²) in [6.45, 7) is 0. The van der Waals surface area contributed by atoms with E-state index < -0.39 is 10.8 Å². The summed E-state index contributed by atoms with van der Waals surface area (Å²) < 4.78 is 17.2. The van der Waals surface area contributed by atoms with Crippen molar-refractivity contribution in [3.05, 3.63) is 34.1 Å². The molecular weight excluding hydrogens is 228 g/mol. The molecule has 15 heavy (non-hydrogen) atoms. The molecule has 0 heterocycles. The summed E-state index contributed by atoms with van der Waals surface area (Å²) in [4.78, 5) is 0. The second-order valence-corrected chi connectivity index (χ2v) is 5.35. The molecule has 0 bridgehead atoms. The highest BCUT2D eigenvalue weighted by Crippen LogP contribution is 2.20. The molecule has 0 radical (unpaired) electrons. The molecule has 0 N–H and O–H groups in total. The molecule has 1 aromatic carbocycles. The summed E-state index contributed by atoms with van der Waals surface area (Å²) in [5, 5.41) is 0. The second-order valence-electron chi connectivity index (χ2n) is 2.89. The van der Waals surface area contributed by atoms with E-state index in [2.05, 4.69) is 0 Å². The van der Waals surface area contributed by atoms with E-state index in [4.69, 9.17) is 4.74 Å². The monoisotopic (exact) mass is 242 g/mol. The summed E-state index contributed by atoms with van der Waals surface area (Å²) in [7, 11) is 0.720. The standard InChI is InChI=1S/C11H14O2S2/c1-13-10-6-4-9(5-7-10)8-11(14-2)15(3)12/h4-8H,1-3H3. The zero-order chi connectivity index (χ0) is 11.3. The van der Waals surface area contributed by atoms with Gasteiger partial charge < -0.3 is 4.74 Å². The van der Waals surface area contributed by atoms with E-state index in [0.717, 1.165) is 15.6 Å². The number of rotatable bonds is 4. The van der Waals surface area contributed by atoms with Crippen molar-refractivity contribution in [3.63, 3.8) is 0 Å². The van der Waals surface area contributed by atoms with Crippen LogP contribution in [0.1, 0.15) is 5.56 Å². The zero-order valence-corrected chi connectivity index (χ0v) is 10.7. The maximum absolute atomic E-state index is 11.3. The molecule has 1 rings (SSSR count). The maximum Gasteiger partial charge on any atom is 0.118 e. The number of ether oxygens (including phenoxy) is 1. The Bertz CT molecular complexity index is 369. The Kier molecular flexibility index (Phi) is 4.91. The molecule has 4 heteroatoms. The van der Waals surface area contributed by atoms with Crippen molar-refractivity contribution >= 4 is 28.6 Å². The number of hydrogen-bond acceptors (Lipinski definition) is 3. The molecule has 0 aliphatic heterocycles. The van der Waals surface area contributed by atoms with Gasteiger partial charge in [0.05, 0.1) is 22.1 Å². The van der Waals surface area contributed by atoms with Crippen molar-refractivity contribution < 1.29 is 8.95 Å². The minimum absolute atomic E-state index is 0.829. The van der Waals surface area contributed by atoms with Crippen LogP contribution in [0.15, 0.2) is 28.5 Å². The van der Waals surface area contributed by atoms with E-state index in [1.165, 1.54) is 11.8 Å². The Morgan fingerprint density at radius 1 is 1.40 bits per heavy atom. The minimum atomic E-state index is -0.918. The van der Waals surface area contributed by atoms with Gasteiger partial charge in [0.15, 0.2) is 0 Å². The maximum atomic E-state index is 11.3. The molecule has 0 aliphatic rings. The fraction of sp³-hybridized carbons (Fsp3) is 0.273. The molecule has 0 saturated heterocycles. The normalized spacial score (nSPS) is 13.7. The Morgan fingerprint density at radius 2 is 2.00 bits per heavy atom. The van der Waals surface area contributed by atoms with Crippen molar-refractivity contribution in [1.82, 2.24) is 0 Å². The lowest BCUT2D eigenvalue weighted by atomic mass is 10.2. The van der Waals surface area contributed by atoms with Crippen LogP contribution in [0.2, 0.25) is 0 Å². The first-order valence-corrected chi connectivity index (χ1v) is 7.19. The largest absolute Gasteiger partial charge is 0.497 e. The number of methoxy groups -OCH3 is 1. The van der Waals surface area contributed by atoms with Gasteiger partial charge in [-0.2, -0.15) is 0 Å². The van der Waals surface area contributed by atoms with Crippen LogP contribution in [0.3, 0.4) is 0 Å². The van der Waals surface area contributed by atoms with E-state index in [9.17, 15) is 4.21 Å². The predicted molar refractivity (Wildman–Crippen MR) is 68.6 cm³/mol. The van der Waals surface area contributed by atoms with Gasteiger partial charge in [0.25, 0.3) is 0 Å². The van der Waals surface area contributed by atoms with Crippen molar-refractivity contribution in [2.24, 2.45) is 0 Å². The van der Waals surface area contributed by atoms with Crippen LogP contribution in [-0.4, -0.2) is 23.8 Å². The minimum Gasteiger partial charge on any atom is -0.497 e. The Labute approximate surface area is 97.2 Å². The molecule has 1 atom stereocenters. The fourth-order valence-electron chi connectivity index (χ4n) is 1.10. The number of hydrogen-bond donors (Lipinski definition) is 0. The van der Waals surface area contributed by atoms with Crippen molar-refractivity contribution in [3.8, 4) is 5.75 Å². The van der Waals surface area contributed by atoms with E-state index in [1.54, 1.807) is 13.4 Å². The van der Waals surface area contributed by atoms with Crippen LogP contribution < -0.4 is 4.74 Å². The van der Waals surface area contributed by atoms with Gasteiger partial charge in [0.2, 0.25) is 0 Å². The Morgan fingerprint density at radius 3 is 2.40 bits per heavy atom. The molecule has 82 valence electrons. The summed E-state index contributed by atoms with van der Waals surface area (Å²) in [5.41, 5.74) is 1.04. The average Bonchev–Trinajstić information content (AvgIpc) is 2.26. The van der Waals surface area contributed by atoms with E-state index in [-0.39, 0.29) is 0 Å². The van der Waals surface area contributed by atoms with Crippen LogP contribution in [-0.2, 0) is 10.8 Å². The summed E-state index contributed by atoms with van der Waals surface area (Å²) >= 11 is 1.51. The van der Waals surface area contributed by atoms with Gasteiger partial charge in [0, 0.05) is 6.26 Å². The topological polar surface area (TPSA) is 26.3 Å². The van der Waals surface area contributed by atoms with Crippen LogP contribution in [0.5, 0.6) is 5.75 Å². The Balaban J connectivity index is 2.92. The van der Waals surface area contributed by atoms with Crippen LogP contribution in [0, 0.1) is 0 Å². The third kappa shape index (κ3) is 3.72. The highest BCUT2D eigenvalue weighted by atomic mass is 32.2. The first kappa shape index (κ1) is 12.3. The van der Waals surface area contributed by atoms with Gasteiger partial charge in [-0.3, -0.25) is 4.21 Å². The van der Waals surface area contributed by atoms with Crippen molar-refractivity contribution in [2.75, 3.05) is 19.6 Å². The molecule has 0 fully saturated rings. The number of thioether (sulfide) groups is 1. The molecule has 0 aromatic heterocycles. The highest BCUT2D eigenvalue weighted by Gasteiger charge is 2.00. The molecule has 0 amide bonds. The number of benzene rings is 1. The van der Waals surface area contributed by atoms with Crippen molar-refractivity contribution in [2.45, 2.75) is 0 Å². The summed E-state index contributed by atoms with van der Waals surface area (Å²) in [5.74, 6) is 0.829. The van der Waals surface area contributed by atoms with Gasteiger partial charge in [-0.05, 0) is 30.0 Å². The second kappa shape index (κ2) is 5.98. The lowest BCUT2D eigenvalue weighted by Crippen LogP contribution is -1.87. The zero-order valence-electron chi connectivity index (χ0n) is 9.02. The van der Waals surface area contributed by atoms with Gasteiger partial charge >= 0.3 is 0 Å². The molecule has 0 saturated carbocycles. The molecule has 1 aromatic rings. The van der Waals surface area contributed by atoms with Gasteiger partial charge in [-0.15, -0.1) is 11.8 Å². The van der Waals surface area contributed by atoms with Crippen LogP contribution in [0.4, 0.5) is 0 Å². The third-order valence-corrected chi connectivity index (χ3v) is 4.29. The van der Waals surface area contributed by atoms with Gasteiger partial charge in [0.1, 0.15) is 5.75 Å². The quantitative estimate of drug-likeness (QED) is 0.812. The van der Waals surface area contributed by atoms with Gasteiger partial charge in [-0.1, -0.05) is 12.1 Å². The van der Waals surface area contributed by atoms with Crippen LogP contribution in [0.25, 0.3) is 6.08 Å².